The van der Waals surface area contributed by atoms with Crippen LogP contribution in [0.4, 0.5) is 0 Å². The van der Waals surface area contributed by atoms with Crippen molar-refractivity contribution in [3.8, 4) is 11.5 Å². The lowest BCUT2D eigenvalue weighted by Gasteiger charge is -2.07. The van der Waals surface area contributed by atoms with Crippen LogP contribution in [-0.4, -0.2) is 53.9 Å². The molecular formula is C21H22N4O4S2. The van der Waals surface area contributed by atoms with Gasteiger partial charge in [-0.25, -0.2) is 13.4 Å². The van der Waals surface area contributed by atoms with Gasteiger partial charge in [0.25, 0.3) is 0 Å². The summed E-state index contributed by atoms with van der Waals surface area (Å²) < 4.78 is 28.9. The molecule has 0 spiro atoms. The number of rotatable bonds is 7. The smallest absolute Gasteiger partial charge is 0.221 e. The largest absolute Gasteiger partial charge is 0.456 e. The van der Waals surface area contributed by atoms with Crippen LogP contribution in [0.3, 0.4) is 0 Å². The van der Waals surface area contributed by atoms with Crippen molar-refractivity contribution in [2.24, 2.45) is 4.99 Å². The zero-order valence-corrected chi connectivity index (χ0v) is 18.7. The second-order valence-corrected chi connectivity index (χ2v) is 10.4. The van der Waals surface area contributed by atoms with Crippen LogP contribution in [0.2, 0.25) is 0 Å². The summed E-state index contributed by atoms with van der Waals surface area (Å²) in [4.78, 5) is 23.7. The molecule has 3 heterocycles. The number of amides is 1. The lowest BCUT2D eigenvalue weighted by atomic mass is 10.2. The van der Waals surface area contributed by atoms with E-state index in [4.69, 9.17) is 4.74 Å². The number of ether oxygens (including phenoxy) is 1. The molecule has 1 atom stereocenters. The number of carbonyl (C=O) groups is 1. The van der Waals surface area contributed by atoms with Crippen LogP contribution in [0, 0.1) is 0 Å². The summed E-state index contributed by atoms with van der Waals surface area (Å²) in [5.41, 5.74) is 1.86. The number of fused-ring (bicyclic) bond motifs is 1. The first-order chi connectivity index (χ1) is 14.8. The predicted octanol–water partition coefficient (Wildman–Crippen LogP) is 3.15. The number of pyridine rings is 1. The molecule has 162 valence electrons. The van der Waals surface area contributed by atoms with E-state index < -0.39 is 9.84 Å². The first kappa shape index (κ1) is 21.4. The molecular weight excluding hydrogens is 436 g/mol. The summed E-state index contributed by atoms with van der Waals surface area (Å²) in [6.45, 7) is 3.16. The Hall–Kier alpha value is -2.85. The minimum atomic E-state index is -3.35. The Morgan fingerprint density at radius 1 is 1.26 bits per heavy atom. The van der Waals surface area contributed by atoms with E-state index in [9.17, 15) is 13.2 Å². The molecule has 1 aromatic carbocycles. The van der Waals surface area contributed by atoms with Crippen molar-refractivity contribution >= 4 is 43.5 Å². The van der Waals surface area contributed by atoms with E-state index in [1.54, 1.807) is 17.8 Å². The van der Waals surface area contributed by atoms with Crippen LogP contribution in [0.15, 0.2) is 52.6 Å². The molecule has 3 aromatic rings. The van der Waals surface area contributed by atoms with E-state index in [1.165, 1.54) is 12.3 Å². The van der Waals surface area contributed by atoms with Gasteiger partial charge in [-0.15, -0.1) is 0 Å². The normalized spacial score (nSPS) is 16.3. The van der Waals surface area contributed by atoms with Crippen LogP contribution in [0.5, 0.6) is 11.5 Å². The molecule has 0 saturated carbocycles. The molecule has 0 radical (unpaired) electrons. The summed E-state index contributed by atoms with van der Waals surface area (Å²) in [7, 11) is -3.35. The number of sulfone groups is 1. The second-order valence-electron chi connectivity index (χ2n) is 7.18. The van der Waals surface area contributed by atoms with Gasteiger partial charge >= 0.3 is 0 Å². The van der Waals surface area contributed by atoms with Gasteiger partial charge in [-0.3, -0.25) is 9.79 Å². The summed E-state index contributed by atoms with van der Waals surface area (Å²) in [5.74, 6) is 1.11. The number of aromatic nitrogens is 2. The van der Waals surface area contributed by atoms with E-state index in [2.05, 4.69) is 20.3 Å². The van der Waals surface area contributed by atoms with E-state index >= 15 is 0 Å². The maximum absolute atomic E-state index is 11.8. The molecule has 1 amide bonds. The maximum atomic E-state index is 11.8. The number of nitrogens with zero attached hydrogens (tertiary/aromatic N) is 2. The lowest BCUT2D eigenvalue weighted by molar-refractivity contribution is -0.120. The van der Waals surface area contributed by atoms with E-state index in [1.807, 2.05) is 31.2 Å². The fourth-order valence-electron chi connectivity index (χ4n) is 3.22. The van der Waals surface area contributed by atoms with Gasteiger partial charge < -0.3 is 15.0 Å². The topological polar surface area (TPSA) is 114 Å². The van der Waals surface area contributed by atoms with Crippen LogP contribution in [-0.2, 0) is 14.6 Å². The van der Waals surface area contributed by atoms with Gasteiger partial charge in [0.15, 0.2) is 14.9 Å². The van der Waals surface area contributed by atoms with Gasteiger partial charge in [-0.1, -0.05) is 11.8 Å². The molecule has 31 heavy (non-hydrogen) atoms. The first-order valence-electron chi connectivity index (χ1n) is 9.76. The third-order valence-electron chi connectivity index (χ3n) is 4.65. The van der Waals surface area contributed by atoms with Gasteiger partial charge in [0.2, 0.25) is 5.91 Å². The van der Waals surface area contributed by atoms with Crippen molar-refractivity contribution < 1.29 is 17.9 Å². The average molecular weight is 459 g/mol. The number of hydrogen-bond acceptors (Lipinski definition) is 7. The Labute approximate surface area is 184 Å². The zero-order valence-electron chi connectivity index (χ0n) is 17.1. The molecule has 0 saturated heterocycles. The highest BCUT2D eigenvalue weighted by Gasteiger charge is 2.24. The van der Waals surface area contributed by atoms with Crippen molar-refractivity contribution in [3.05, 3.63) is 48.3 Å². The number of aromatic amines is 1. The molecule has 4 rings (SSSR count). The quantitative estimate of drug-likeness (QED) is 0.562. The van der Waals surface area contributed by atoms with Crippen LogP contribution >= 0.6 is 11.8 Å². The van der Waals surface area contributed by atoms with Gasteiger partial charge in [-0.05, 0) is 43.3 Å². The van der Waals surface area contributed by atoms with Crippen molar-refractivity contribution in [1.82, 2.24) is 15.3 Å². The number of hydrogen-bond donors (Lipinski definition) is 2. The van der Waals surface area contributed by atoms with Gasteiger partial charge in [0.1, 0.15) is 16.5 Å². The van der Waals surface area contributed by atoms with Crippen molar-refractivity contribution in [3.63, 3.8) is 0 Å². The molecule has 2 N–H and O–H groups in total. The van der Waals surface area contributed by atoms with Crippen molar-refractivity contribution in [2.75, 3.05) is 19.3 Å². The minimum Gasteiger partial charge on any atom is -0.456 e. The molecule has 0 fully saturated rings. The second kappa shape index (κ2) is 8.72. The third kappa shape index (κ3) is 5.08. The van der Waals surface area contributed by atoms with Gasteiger partial charge in [-0.2, -0.15) is 0 Å². The molecule has 0 aliphatic carbocycles. The van der Waals surface area contributed by atoms with E-state index in [0.29, 0.717) is 31.0 Å². The van der Waals surface area contributed by atoms with Gasteiger partial charge in [0.05, 0.1) is 18.4 Å². The molecule has 1 aliphatic rings. The lowest BCUT2D eigenvalue weighted by Crippen LogP contribution is -2.26. The number of H-pyrrole nitrogens is 1. The summed E-state index contributed by atoms with van der Waals surface area (Å²) >= 11 is 1.61. The number of benzene rings is 1. The number of thioether (sulfide) groups is 1. The molecule has 8 nitrogen and oxygen atoms in total. The average Bonchev–Trinajstić information content (AvgIpc) is 3.34. The van der Waals surface area contributed by atoms with E-state index in [0.717, 1.165) is 27.9 Å². The summed E-state index contributed by atoms with van der Waals surface area (Å²) in [5, 5.41) is 4.84. The third-order valence-corrected chi connectivity index (χ3v) is 6.87. The molecule has 2 aromatic heterocycles. The highest BCUT2D eigenvalue weighted by molar-refractivity contribution is 8.15. The fourth-order valence-corrected chi connectivity index (χ4v) is 4.87. The Morgan fingerprint density at radius 2 is 2.06 bits per heavy atom. The first-order valence-corrected chi connectivity index (χ1v) is 12.5. The van der Waals surface area contributed by atoms with Crippen LogP contribution in [0.1, 0.15) is 19.0 Å². The zero-order chi connectivity index (χ0) is 22.0. The summed E-state index contributed by atoms with van der Waals surface area (Å²) in [6, 6.07) is 10.6. The van der Waals surface area contributed by atoms with Gasteiger partial charge in [0, 0.05) is 35.4 Å². The fraction of sp³-hybridized carbons (Fsp3) is 0.286. The number of aliphatic imine (C=N–C) groups is 1. The highest BCUT2D eigenvalue weighted by Crippen LogP contribution is 2.31. The number of nitrogens with one attached hydrogen (secondary N) is 2. The van der Waals surface area contributed by atoms with Crippen LogP contribution in [0.25, 0.3) is 10.9 Å². The Bertz CT molecular complexity index is 1250. The highest BCUT2D eigenvalue weighted by atomic mass is 32.2. The Balaban J connectivity index is 1.46. The SMILES string of the molecule is CCNC(=O)CC1CN=C(c2cc3cc(Oc4ccc(S(C)(=O)=O)nc4)ccc3[nH]2)S1. The van der Waals surface area contributed by atoms with Crippen LogP contribution < -0.4 is 10.1 Å². The summed E-state index contributed by atoms with van der Waals surface area (Å²) in [6.07, 6.45) is 2.96. The molecule has 1 aliphatic heterocycles. The molecule has 0 bridgehead atoms. The maximum Gasteiger partial charge on any atom is 0.221 e. The van der Waals surface area contributed by atoms with Crippen molar-refractivity contribution in [1.29, 1.82) is 0 Å². The predicted molar refractivity (Wildman–Crippen MR) is 122 cm³/mol. The molecule has 1 unspecified atom stereocenters. The molecule has 10 heteroatoms. The standard InChI is InChI=1S/C21H22N4O4S2/c1-3-22-19(26)10-16-12-24-21(30-16)18-9-13-8-14(4-6-17(13)25-18)29-15-5-7-20(23-11-15)31(2,27)28/h4-9,11,16,25H,3,10,12H2,1-2H3,(H,22,26). The monoisotopic (exact) mass is 458 g/mol. The van der Waals surface area contributed by atoms with E-state index in [-0.39, 0.29) is 16.2 Å². The number of carbonyl (C=O) groups excluding carboxylic acids is 1. The Morgan fingerprint density at radius 3 is 2.77 bits per heavy atom. The van der Waals surface area contributed by atoms with Crippen molar-refractivity contribution in [2.45, 2.75) is 23.6 Å². The minimum absolute atomic E-state index is 0.00546. The Kier molecular flexibility index (Phi) is 6.01.